The normalized spacial score (nSPS) is 8.09. The number of nitrogens with one attached hydrogen (secondary N) is 1. The molecule has 0 aliphatic carbocycles. The Labute approximate surface area is 75.4 Å². The number of H-pyrrole nitrogens is 1. The molecule has 1 N–H and O–H groups in total. The van der Waals surface area contributed by atoms with Crippen LogP contribution >= 0.6 is 11.6 Å². The van der Waals surface area contributed by atoms with Gasteiger partial charge in [0, 0.05) is 6.92 Å². The maximum Gasteiger partial charge on any atom is 0.285 e. The first-order valence-electron chi connectivity index (χ1n) is 2.68. The Bertz CT molecular complexity index is 272. The summed E-state index contributed by atoms with van der Waals surface area (Å²) in [5.41, 5.74) is 1.05. The molecule has 0 atom stereocenters. The highest BCUT2D eigenvalue weighted by atomic mass is 35.5. The van der Waals surface area contributed by atoms with E-state index in [1.54, 1.807) is 6.92 Å². The smallest absolute Gasteiger partial charge is 0.285 e. The van der Waals surface area contributed by atoms with Crippen molar-refractivity contribution in [1.29, 1.82) is 5.26 Å². The number of hydrogen-bond acceptors (Lipinski definition) is 2. The van der Waals surface area contributed by atoms with Crippen molar-refractivity contribution >= 4 is 11.6 Å². The number of halogens is 2. The largest absolute Gasteiger partial charge is 1.00 e. The zero-order valence-corrected chi connectivity index (χ0v) is 7.24. The average molecular weight is 190 g/mol. The molecule has 3 nitrogen and oxygen atoms in total. The second-order valence-electron chi connectivity index (χ2n) is 1.79. The van der Waals surface area contributed by atoms with E-state index >= 15 is 0 Å². The molecule has 0 aliphatic rings. The molecule has 0 unspecified atom stereocenters. The van der Waals surface area contributed by atoms with Gasteiger partial charge in [0.2, 0.25) is 5.15 Å². The molecular formula is C6H5Cl2N3. The van der Waals surface area contributed by atoms with E-state index in [9.17, 15) is 0 Å². The number of nitrogens with zero attached hydrogens (tertiary/aromatic N) is 2. The minimum absolute atomic E-state index is 0. The highest BCUT2D eigenvalue weighted by Gasteiger charge is 2.09. The van der Waals surface area contributed by atoms with Crippen LogP contribution in [0.4, 0.5) is 0 Å². The summed E-state index contributed by atoms with van der Waals surface area (Å²) in [5, 5.41) is 8.85. The number of aryl methyl sites for hydroxylation is 1. The molecule has 1 rings (SSSR count). The van der Waals surface area contributed by atoms with Gasteiger partial charge in [-0.1, -0.05) is 4.98 Å². The summed E-state index contributed by atoms with van der Waals surface area (Å²) >= 11 is 5.61. The Morgan fingerprint density at radius 3 is 2.73 bits per heavy atom. The summed E-state index contributed by atoms with van der Waals surface area (Å²) in [6.45, 7) is 1.73. The number of rotatable bonds is 0. The predicted molar refractivity (Wildman–Crippen MR) is 35.3 cm³/mol. The van der Waals surface area contributed by atoms with Crippen LogP contribution in [0.3, 0.4) is 0 Å². The first kappa shape index (κ1) is 10.2. The minimum atomic E-state index is 0. The molecule has 0 amide bonds. The number of nitriles is 1. The Balaban J connectivity index is 0.000001000. The number of aromatic nitrogens is 2. The van der Waals surface area contributed by atoms with Crippen LogP contribution in [-0.2, 0) is 0 Å². The Morgan fingerprint density at radius 1 is 1.73 bits per heavy atom. The zero-order chi connectivity index (χ0) is 7.56. The predicted octanol–water partition coefficient (Wildman–Crippen LogP) is -2.27. The lowest BCUT2D eigenvalue weighted by Gasteiger charge is -1.87. The van der Waals surface area contributed by atoms with Gasteiger partial charge < -0.3 is 12.4 Å². The van der Waals surface area contributed by atoms with Crippen molar-refractivity contribution in [3.05, 3.63) is 22.7 Å². The average Bonchev–Trinajstić information content (AvgIpc) is 1.88. The molecular weight excluding hydrogens is 185 g/mol. The third kappa shape index (κ3) is 2.04. The Hall–Kier alpha value is -0.850. The van der Waals surface area contributed by atoms with Gasteiger partial charge in [-0.25, -0.2) is 4.98 Å². The van der Waals surface area contributed by atoms with Gasteiger partial charge in [0.25, 0.3) is 6.33 Å². The van der Waals surface area contributed by atoms with Gasteiger partial charge >= 0.3 is 0 Å². The third-order valence-corrected chi connectivity index (χ3v) is 1.44. The molecule has 0 aromatic carbocycles. The maximum atomic E-state index is 8.50. The molecule has 0 radical (unpaired) electrons. The van der Waals surface area contributed by atoms with Gasteiger partial charge in [0.05, 0.1) is 0 Å². The molecule has 1 heterocycles. The summed E-state index contributed by atoms with van der Waals surface area (Å²) in [4.78, 5) is 6.47. The van der Waals surface area contributed by atoms with Gasteiger partial charge in [-0.3, -0.25) is 0 Å². The van der Waals surface area contributed by atoms with Gasteiger partial charge in [0.1, 0.15) is 6.07 Å². The van der Waals surface area contributed by atoms with Gasteiger partial charge in [-0.15, -0.1) is 0 Å². The van der Waals surface area contributed by atoms with Crippen LogP contribution in [0.2, 0.25) is 5.15 Å². The van der Waals surface area contributed by atoms with Gasteiger partial charge in [-0.05, 0) is 11.6 Å². The van der Waals surface area contributed by atoms with Gasteiger partial charge in [0.15, 0.2) is 11.3 Å². The van der Waals surface area contributed by atoms with E-state index in [0.29, 0.717) is 16.4 Å². The standard InChI is InChI=1S/C6H4ClN3.ClH/c1-4-5(2-8)6(7)10-3-9-4;/h3H,1H3;1H. The first-order valence-corrected chi connectivity index (χ1v) is 3.06. The van der Waals surface area contributed by atoms with Crippen molar-refractivity contribution in [2.45, 2.75) is 6.92 Å². The molecule has 1 aromatic heterocycles. The quantitative estimate of drug-likeness (QED) is 0.433. The fourth-order valence-electron chi connectivity index (χ4n) is 0.611. The fourth-order valence-corrected chi connectivity index (χ4v) is 0.839. The summed E-state index contributed by atoms with van der Waals surface area (Å²) in [6, 6.07) is 1.94. The van der Waals surface area contributed by atoms with Crippen LogP contribution in [0.5, 0.6) is 0 Å². The topological polar surface area (TPSA) is 50.8 Å². The molecule has 0 spiro atoms. The van der Waals surface area contributed by atoms with Crippen LogP contribution in [0.1, 0.15) is 11.3 Å². The molecule has 11 heavy (non-hydrogen) atoms. The van der Waals surface area contributed by atoms with E-state index in [2.05, 4.69) is 9.97 Å². The summed E-state index contributed by atoms with van der Waals surface area (Å²) in [5.74, 6) is 0. The molecule has 0 aliphatic heterocycles. The fraction of sp³-hybridized carbons (Fsp3) is 0.167. The second kappa shape index (κ2) is 4.12. The first-order chi connectivity index (χ1) is 4.75. The van der Waals surface area contributed by atoms with E-state index in [1.165, 1.54) is 6.33 Å². The van der Waals surface area contributed by atoms with Gasteiger partial charge in [-0.2, -0.15) is 5.26 Å². The van der Waals surface area contributed by atoms with E-state index in [4.69, 9.17) is 16.9 Å². The summed E-state index contributed by atoms with van der Waals surface area (Å²) in [6.07, 6.45) is 1.46. The van der Waals surface area contributed by atoms with Crippen molar-refractivity contribution in [1.82, 2.24) is 4.98 Å². The van der Waals surface area contributed by atoms with Crippen LogP contribution in [0.15, 0.2) is 6.33 Å². The Kier molecular flexibility index (Phi) is 3.80. The van der Waals surface area contributed by atoms with Crippen LogP contribution in [0, 0.1) is 18.3 Å². The molecule has 5 heteroatoms. The minimum Gasteiger partial charge on any atom is -1.00 e. The number of aromatic amines is 1. The van der Waals surface area contributed by atoms with Crippen LogP contribution in [0.25, 0.3) is 0 Å². The summed E-state index contributed by atoms with van der Waals surface area (Å²) in [7, 11) is 0. The lowest BCUT2D eigenvalue weighted by Crippen LogP contribution is -3.00. The molecule has 0 bridgehead atoms. The molecule has 0 saturated heterocycles. The monoisotopic (exact) mass is 189 g/mol. The molecule has 58 valence electrons. The maximum absolute atomic E-state index is 8.50. The lowest BCUT2D eigenvalue weighted by molar-refractivity contribution is -0.380. The van der Waals surface area contributed by atoms with Crippen molar-refractivity contribution in [2.24, 2.45) is 0 Å². The second-order valence-corrected chi connectivity index (χ2v) is 2.17. The van der Waals surface area contributed by atoms with Crippen LogP contribution in [-0.4, -0.2) is 4.98 Å². The molecule has 0 fully saturated rings. The van der Waals surface area contributed by atoms with Crippen molar-refractivity contribution < 1.29 is 17.4 Å². The molecule has 1 aromatic rings. The van der Waals surface area contributed by atoms with E-state index in [1.807, 2.05) is 6.07 Å². The zero-order valence-electron chi connectivity index (χ0n) is 5.73. The van der Waals surface area contributed by atoms with Crippen molar-refractivity contribution in [3.63, 3.8) is 0 Å². The third-order valence-electron chi connectivity index (χ3n) is 1.14. The van der Waals surface area contributed by atoms with E-state index in [0.717, 1.165) is 0 Å². The molecule has 0 saturated carbocycles. The number of hydrogen-bond donors (Lipinski definition) is 0. The van der Waals surface area contributed by atoms with Crippen molar-refractivity contribution in [2.75, 3.05) is 0 Å². The van der Waals surface area contributed by atoms with Crippen molar-refractivity contribution in [3.8, 4) is 6.07 Å². The van der Waals surface area contributed by atoms with E-state index < -0.39 is 0 Å². The van der Waals surface area contributed by atoms with E-state index in [-0.39, 0.29) is 12.4 Å². The van der Waals surface area contributed by atoms with Crippen LogP contribution < -0.4 is 17.4 Å². The summed E-state index contributed by atoms with van der Waals surface area (Å²) < 4.78 is 0. The Morgan fingerprint density at radius 2 is 2.36 bits per heavy atom. The highest BCUT2D eigenvalue weighted by molar-refractivity contribution is 6.29. The highest BCUT2D eigenvalue weighted by Crippen LogP contribution is 2.08. The lowest BCUT2D eigenvalue weighted by atomic mass is 10.3. The SMILES string of the molecule is Cc1nc[nH+]c(Cl)c1C#N.[Cl-].